The largest absolute Gasteiger partial charge is 0.378 e. The molecule has 5 nitrogen and oxygen atoms in total. The highest BCUT2D eigenvalue weighted by Gasteiger charge is 2.28. The third kappa shape index (κ3) is 3.43. The average molecular weight is 256 g/mol. The molecule has 2 rings (SSSR count). The van der Waals surface area contributed by atoms with Crippen LogP contribution in [0.15, 0.2) is 0 Å². The minimum absolute atomic E-state index is 0.0936. The quantitative estimate of drug-likeness (QED) is 0.786. The monoisotopic (exact) mass is 256 g/mol. The van der Waals surface area contributed by atoms with Crippen LogP contribution in [0.3, 0.4) is 0 Å². The van der Waals surface area contributed by atoms with Crippen molar-refractivity contribution >= 4 is 5.91 Å². The Kier molecular flexibility index (Phi) is 4.97. The van der Waals surface area contributed by atoms with Crippen LogP contribution in [0.2, 0.25) is 0 Å². The number of ether oxygens (including phenoxy) is 2. The fourth-order valence-corrected chi connectivity index (χ4v) is 2.50. The van der Waals surface area contributed by atoms with Gasteiger partial charge in [-0.15, -0.1) is 0 Å². The Labute approximate surface area is 109 Å². The highest BCUT2D eigenvalue weighted by molar-refractivity contribution is 5.80. The maximum atomic E-state index is 12.2. The number of piperidine rings is 1. The predicted octanol–water partition coefficient (Wildman–Crippen LogP) is 0.248. The van der Waals surface area contributed by atoms with Gasteiger partial charge in [0.05, 0.1) is 19.3 Å². The lowest BCUT2D eigenvalue weighted by Gasteiger charge is -2.34. The number of nitrogens with one attached hydrogen (secondary N) is 1. The zero-order chi connectivity index (χ0) is 13.0. The second-order valence-corrected chi connectivity index (χ2v) is 5.22. The minimum atomic E-state index is -0.351. The van der Waals surface area contributed by atoms with Gasteiger partial charge in [-0.2, -0.15) is 0 Å². The van der Waals surface area contributed by atoms with Crippen LogP contribution in [0.5, 0.6) is 0 Å². The smallest absolute Gasteiger partial charge is 0.251 e. The van der Waals surface area contributed by atoms with Crippen molar-refractivity contribution in [2.45, 2.75) is 32.5 Å². The molecule has 0 aromatic carbocycles. The van der Waals surface area contributed by atoms with E-state index in [9.17, 15) is 4.79 Å². The minimum Gasteiger partial charge on any atom is -0.378 e. The molecule has 104 valence electrons. The molecule has 0 saturated carbocycles. The fourth-order valence-electron chi connectivity index (χ4n) is 2.50. The van der Waals surface area contributed by atoms with Gasteiger partial charge >= 0.3 is 0 Å². The molecule has 0 radical (unpaired) electrons. The molecular formula is C13H24N2O3. The van der Waals surface area contributed by atoms with Gasteiger partial charge < -0.3 is 19.7 Å². The molecule has 3 unspecified atom stereocenters. The van der Waals surface area contributed by atoms with Crippen molar-refractivity contribution in [1.29, 1.82) is 0 Å². The second-order valence-electron chi connectivity index (χ2n) is 5.22. The maximum absolute atomic E-state index is 12.2. The number of morpholine rings is 1. The maximum Gasteiger partial charge on any atom is 0.251 e. The summed E-state index contributed by atoms with van der Waals surface area (Å²) < 4.78 is 11.2. The van der Waals surface area contributed by atoms with Gasteiger partial charge in [0, 0.05) is 19.6 Å². The Morgan fingerprint density at radius 1 is 1.44 bits per heavy atom. The lowest BCUT2D eigenvalue weighted by Crippen LogP contribution is -2.49. The first-order chi connectivity index (χ1) is 8.68. The van der Waals surface area contributed by atoms with Crippen molar-refractivity contribution in [2.75, 3.05) is 39.4 Å². The SMILES string of the molecule is CC(OC1CNCCC1C)C(=O)N1CCOCC1. The van der Waals surface area contributed by atoms with Gasteiger partial charge in [0.1, 0.15) is 6.10 Å². The number of hydrogen-bond donors (Lipinski definition) is 1. The first kappa shape index (κ1) is 13.8. The fraction of sp³-hybridized carbons (Fsp3) is 0.923. The predicted molar refractivity (Wildman–Crippen MR) is 68.4 cm³/mol. The average Bonchev–Trinajstić information content (AvgIpc) is 2.41. The lowest BCUT2D eigenvalue weighted by atomic mass is 9.97. The number of hydrogen-bond acceptors (Lipinski definition) is 4. The summed E-state index contributed by atoms with van der Waals surface area (Å²) in [7, 11) is 0. The Morgan fingerprint density at radius 3 is 2.83 bits per heavy atom. The summed E-state index contributed by atoms with van der Waals surface area (Å²) in [5.74, 6) is 0.613. The zero-order valence-electron chi connectivity index (χ0n) is 11.4. The summed E-state index contributed by atoms with van der Waals surface area (Å²) in [6.45, 7) is 8.60. The summed E-state index contributed by atoms with van der Waals surface area (Å²) in [5.41, 5.74) is 0. The number of rotatable bonds is 3. The van der Waals surface area contributed by atoms with Gasteiger partial charge in [-0.3, -0.25) is 4.79 Å². The molecule has 2 aliphatic heterocycles. The van der Waals surface area contributed by atoms with Gasteiger partial charge in [-0.05, 0) is 25.8 Å². The molecule has 0 aromatic heterocycles. The third-order valence-corrected chi connectivity index (χ3v) is 3.81. The van der Waals surface area contributed by atoms with Gasteiger partial charge in [0.15, 0.2) is 0 Å². The molecule has 2 heterocycles. The highest BCUT2D eigenvalue weighted by atomic mass is 16.5. The van der Waals surface area contributed by atoms with E-state index in [1.807, 2.05) is 11.8 Å². The van der Waals surface area contributed by atoms with Crippen molar-refractivity contribution in [2.24, 2.45) is 5.92 Å². The van der Waals surface area contributed by atoms with E-state index in [1.54, 1.807) is 0 Å². The molecule has 18 heavy (non-hydrogen) atoms. The van der Waals surface area contributed by atoms with Crippen LogP contribution in [0.1, 0.15) is 20.3 Å². The molecule has 0 spiro atoms. The molecule has 0 aromatic rings. The Balaban J connectivity index is 1.82. The van der Waals surface area contributed by atoms with Gasteiger partial charge in [-0.1, -0.05) is 6.92 Å². The van der Waals surface area contributed by atoms with Gasteiger partial charge in [0.2, 0.25) is 0 Å². The van der Waals surface area contributed by atoms with Crippen molar-refractivity contribution in [3.05, 3.63) is 0 Å². The molecule has 2 aliphatic rings. The molecule has 2 saturated heterocycles. The molecule has 0 aliphatic carbocycles. The van der Waals surface area contributed by atoms with Crippen molar-refractivity contribution in [3.63, 3.8) is 0 Å². The summed E-state index contributed by atoms with van der Waals surface area (Å²) in [4.78, 5) is 14.0. The molecule has 1 N–H and O–H groups in total. The van der Waals surface area contributed by atoms with Crippen molar-refractivity contribution < 1.29 is 14.3 Å². The number of nitrogens with zero attached hydrogens (tertiary/aromatic N) is 1. The Hall–Kier alpha value is -0.650. The Bertz CT molecular complexity index is 279. The van der Waals surface area contributed by atoms with Crippen molar-refractivity contribution in [1.82, 2.24) is 10.2 Å². The van der Waals surface area contributed by atoms with Crippen LogP contribution in [0, 0.1) is 5.92 Å². The summed E-state index contributed by atoms with van der Waals surface area (Å²) in [5, 5.41) is 3.32. The van der Waals surface area contributed by atoms with Crippen LogP contribution >= 0.6 is 0 Å². The molecule has 0 bridgehead atoms. The first-order valence-electron chi connectivity index (χ1n) is 6.91. The second kappa shape index (κ2) is 6.50. The zero-order valence-corrected chi connectivity index (χ0v) is 11.4. The Morgan fingerprint density at radius 2 is 2.17 bits per heavy atom. The molecule has 5 heteroatoms. The van der Waals surface area contributed by atoms with E-state index in [2.05, 4.69) is 12.2 Å². The van der Waals surface area contributed by atoms with Crippen LogP contribution in [-0.4, -0.2) is 62.4 Å². The summed E-state index contributed by atoms with van der Waals surface area (Å²) in [6.07, 6.45) is 0.914. The molecule has 1 amide bonds. The van der Waals surface area contributed by atoms with E-state index in [0.29, 0.717) is 32.2 Å². The topological polar surface area (TPSA) is 50.8 Å². The molecule has 3 atom stereocenters. The van der Waals surface area contributed by atoms with E-state index < -0.39 is 0 Å². The highest BCUT2D eigenvalue weighted by Crippen LogP contribution is 2.17. The van der Waals surface area contributed by atoms with Crippen LogP contribution < -0.4 is 5.32 Å². The van der Waals surface area contributed by atoms with Crippen LogP contribution in [0.4, 0.5) is 0 Å². The normalized spacial score (nSPS) is 31.1. The summed E-state index contributed by atoms with van der Waals surface area (Å²) in [6, 6.07) is 0. The lowest BCUT2D eigenvalue weighted by molar-refractivity contribution is -0.152. The first-order valence-corrected chi connectivity index (χ1v) is 6.91. The van der Waals surface area contributed by atoms with Gasteiger partial charge in [-0.25, -0.2) is 0 Å². The van der Waals surface area contributed by atoms with E-state index in [1.165, 1.54) is 0 Å². The number of amides is 1. The standard InChI is InChI=1S/C13H24N2O3/c1-10-3-4-14-9-12(10)18-11(2)13(16)15-5-7-17-8-6-15/h10-12,14H,3-9H2,1-2H3. The molecule has 2 fully saturated rings. The van der Waals surface area contributed by atoms with Crippen LogP contribution in [0.25, 0.3) is 0 Å². The van der Waals surface area contributed by atoms with Crippen molar-refractivity contribution in [3.8, 4) is 0 Å². The van der Waals surface area contributed by atoms with Crippen LogP contribution in [-0.2, 0) is 14.3 Å². The van der Waals surface area contributed by atoms with E-state index in [0.717, 1.165) is 19.5 Å². The van der Waals surface area contributed by atoms with E-state index in [-0.39, 0.29) is 18.1 Å². The van der Waals surface area contributed by atoms with E-state index >= 15 is 0 Å². The van der Waals surface area contributed by atoms with E-state index in [4.69, 9.17) is 9.47 Å². The number of carbonyl (C=O) groups excluding carboxylic acids is 1. The summed E-state index contributed by atoms with van der Waals surface area (Å²) >= 11 is 0. The molecular weight excluding hydrogens is 232 g/mol. The third-order valence-electron chi connectivity index (χ3n) is 3.81. The number of carbonyl (C=O) groups is 1. The van der Waals surface area contributed by atoms with Gasteiger partial charge in [0.25, 0.3) is 5.91 Å².